The normalized spacial score (nSPS) is 18.9. The molecular formula is C18H16ClNS. The second-order valence-corrected chi connectivity index (χ2v) is 7.33. The molecule has 1 aliphatic heterocycles. The number of hydrogen-bond acceptors (Lipinski definition) is 2. The largest absolute Gasteiger partial charge is 0.301 e. The van der Waals surface area contributed by atoms with Crippen LogP contribution >= 0.6 is 22.9 Å². The molecule has 21 heavy (non-hydrogen) atoms. The molecule has 0 aliphatic carbocycles. The zero-order valence-corrected chi connectivity index (χ0v) is 13.4. The van der Waals surface area contributed by atoms with Crippen LogP contribution in [-0.2, 0) is 6.54 Å². The molecule has 4 rings (SSSR count). The van der Waals surface area contributed by atoms with E-state index in [0.717, 1.165) is 18.1 Å². The number of benzene rings is 2. The Morgan fingerprint density at radius 3 is 2.90 bits per heavy atom. The first-order valence-electron chi connectivity index (χ1n) is 7.16. The molecule has 1 aromatic heterocycles. The van der Waals surface area contributed by atoms with Crippen LogP contribution in [0, 0.1) is 0 Å². The zero-order valence-electron chi connectivity index (χ0n) is 11.8. The Kier molecular flexibility index (Phi) is 3.26. The summed E-state index contributed by atoms with van der Waals surface area (Å²) in [5.41, 5.74) is 2.93. The zero-order chi connectivity index (χ0) is 14.4. The molecule has 0 fully saturated rings. The predicted octanol–water partition coefficient (Wildman–Crippen LogP) is 5.13. The van der Waals surface area contributed by atoms with E-state index < -0.39 is 0 Å². The van der Waals surface area contributed by atoms with Crippen molar-refractivity contribution in [2.24, 2.45) is 0 Å². The van der Waals surface area contributed by atoms with Crippen LogP contribution in [0.15, 0.2) is 48.5 Å². The van der Waals surface area contributed by atoms with E-state index in [4.69, 9.17) is 11.6 Å². The summed E-state index contributed by atoms with van der Waals surface area (Å²) in [5.74, 6) is 0.469. The Morgan fingerprint density at radius 1 is 1.14 bits per heavy atom. The van der Waals surface area contributed by atoms with Crippen molar-refractivity contribution in [3.8, 4) is 0 Å². The molecule has 0 saturated heterocycles. The van der Waals surface area contributed by atoms with E-state index in [1.807, 2.05) is 17.4 Å². The van der Waals surface area contributed by atoms with Gasteiger partial charge >= 0.3 is 0 Å². The lowest BCUT2D eigenvalue weighted by Gasteiger charge is -2.31. The maximum atomic E-state index is 6.12. The van der Waals surface area contributed by atoms with Gasteiger partial charge in [0.2, 0.25) is 0 Å². The maximum Gasteiger partial charge on any atom is 0.0420 e. The van der Waals surface area contributed by atoms with Gasteiger partial charge in [-0.3, -0.25) is 0 Å². The van der Waals surface area contributed by atoms with Crippen LogP contribution in [0.5, 0.6) is 0 Å². The maximum absolute atomic E-state index is 6.12. The molecule has 2 heterocycles. The highest BCUT2D eigenvalue weighted by Gasteiger charge is 2.25. The van der Waals surface area contributed by atoms with Gasteiger partial charge in [-0.15, -0.1) is 11.3 Å². The highest BCUT2D eigenvalue weighted by Crippen LogP contribution is 2.39. The van der Waals surface area contributed by atoms with Crippen LogP contribution in [0.1, 0.15) is 21.9 Å². The van der Waals surface area contributed by atoms with E-state index >= 15 is 0 Å². The van der Waals surface area contributed by atoms with Crippen molar-refractivity contribution >= 4 is 33.0 Å². The quantitative estimate of drug-likeness (QED) is 0.602. The summed E-state index contributed by atoms with van der Waals surface area (Å²) in [5, 5.41) is 2.11. The second kappa shape index (κ2) is 5.13. The van der Waals surface area contributed by atoms with Crippen molar-refractivity contribution in [2.45, 2.75) is 12.5 Å². The van der Waals surface area contributed by atoms with Crippen molar-refractivity contribution in [1.29, 1.82) is 0 Å². The van der Waals surface area contributed by atoms with Crippen LogP contribution in [0.25, 0.3) is 10.1 Å². The van der Waals surface area contributed by atoms with E-state index in [-0.39, 0.29) is 0 Å². The Hall–Kier alpha value is -1.35. The Labute approximate surface area is 133 Å². The lowest BCUT2D eigenvalue weighted by Crippen LogP contribution is -2.30. The molecule has 0 bridgehead atoms. The Bertz CT molecular complexity index is 808. The Balaban J connectivity index is 1.84. The van der Waals surface area contributed by atoms with Crippen molar-refractivity contribution in [3.63, 3.8) is 0 Å². The van der Waals surface area contributed by atoms with Crippen LogP contribution in [0.4, 0.5) is 0 Å². The van der Waals surface area contributed by atoms with E-state index in [9.17, 15) is 0 Å². The van der Waals surface area contributed by atoms with Gasteiger partial charge in [-0.2, -0.15) is 0 Å². The van der Waals surface area contributed by atoms with Gasteiger partial charge in [-0.25, -0.2) is 0 Å². The highest BCUT2D eigenvalue weighted by molar-refractivity contribution is 7.19. The minimum Gasteiger partial charge on any atom is -0.301 e. The van der Waals surface area contributed by atoms with Gasteiger partial charge in [-0.05, 0) is 41.8 Å². The van der Waals surface area contributed by atoms with Crippen molar-refractivity contribution in [2.75, 3.05) is 13.6 Å². The number of hydrogen-bond donors (Lipinski definition) is 0. The summed E-state index contributed by atoms with van der Waals surface area (Å²) in [7, 11) is 2.20. The molecule has 1 aliphatic rings. The average Bonchev–Trinajstić information content (AvgIpc) is 2.89. The van der Waals surface area contributed by atoms with Gasteiger partial charge in [0.15, 0.2) is 0 Å². The van der Waals surface area contributed by atoms with Crippen molar-refractivity contribution < 1.29 is 0 Å². The highest BCUT2D eigenvalue weighted by atomic mass is 35.5. The molecule has 2 aromatic carbocycles. The molecule has 3 heteroatoms. The molecule has 0 radical (unpaired) electrons. The molecule has 0 N–H and O–H groups in total. The SMILES string of the molecule is CN1Cc2ccccc2C(c2cc3ccc(Cl)cc3s2)C1. The first kappa shape index (κ1) is 13.3. The van der Waals surface area contributed by atoms with Gasteiger partial charge in [0.25, 0.3) is 0 Å². The van der Waals surface area contributed by atoms with Crippen LogP contribution in [0.3, 0.4) is 0 Å². The average molecular weight is 314 g/mol. The fourth-order valence-corrected chi connectivity index (χ4v) is 4.68. The topological polar surface area (TPSA) is 3.24 Å². The van der Waals surface area contributed by atoms with Crippen molar-refractivity contribution in [3.05, 3.63) is 69.6 Å². The fraction of sp³-hybridized carbons (Fsp3) is 0.222. The predicted molar refractivity (Wildman–Crippen MR) is 91.5 cm³/mol. The number of rotatable bonds is 1. The molecule has 1 unspecified atom stereocenters. The van der Waals surface area contributed by atoms with Gasteiger partial charge in [0.05, 0.1) is 0 Å². The van der Waals surface area contributed by atoms with Gasteiger partial charge in [0.1, 0.15) is 0 Å². The lowest BCUT2D eigenvalue weighted by atomic mass is 9.89. The molecule has 3 aromatic rings. The monoisotopic (exact) mass is 313 g/mol. The minimum atomic E-state index is 0.469. The van der Waals surface area contributed by atoms with Gasteiger partial charge < -0.3 is 4.90 Å². The molecular weight excluding hydrogens is 298 g/mol. The minimum absolute atomic E-state index is 0.469. The molecule has 0 amide bonds. The van der Waals surface area contributed by atoms with Crippen LogP contribution in [0.2, 0.25) is 5.02 Å². The molecule has 0 spiro atoms. The number of halogens is 1. The first-order chi connectivity index (χ1) is 10.2. The third-order valence-electron chi connectivity index (χ3n) is 4.21. The second-order valence-electron chi connectivity index (χ2n) is 5.78. The van der Waals surface area contributed by atoms with Gasteiger partial charge in [-0.1, -0.05) is 41.9 Å². The van der Waals surface area contributed by atoms with Crippen LogP contribution in [-0.4, -0.2) is 18.5 Å². The summed E-state index contributed by atoms with van der Waals surface area (Å²) in [4.78, 5) is 3.84. The number of nitrogens with zero attached hydrogens (tertiary/aromatic N) is 1. The van der Waals surface area contributed by atoms with Gasteiger partial charge in [0, 0.05) is 33.6 Å². The summed E-state index contributed by atoms with van der Waals surface area (Å²) < 4.78 is 1.28. The third-order valence-corrected chi connectivity index (χ3v) is 5.66. The summed E-state index contributed by atoms with van der Waals surface area (Å²) in [6, 6.07) is 17.3. The number of likely N-dealkylation sites (N-methyl/N-ethyl adjacent to an activating group) is 1. The lowest BCUT2D eigenvalue weighted by molar-refractivity contribution is 0.296. The molecule has 1 nitrogen and oxygen atoms in total. The summed E-state index contributed by atoms with van der Waals surface area (Å²) in [6.45, 7) is 2.13. The third kappa shape index (κ3) is 2.38. The van der Waals surface area contributed by atoms with E-state index in [1.165, 1.54) is 26.1 Å². The first-order valence-corrected chi connectivity index (χ1v) is 8.35. The van der Waals surface area contributed by atoms with Crippen LogP contribution < -0.4 is 0 Å². The van der Waals surface area contributed by atoms with E-state index in [0.29, 0.717) is 5.92 Å². The Morgan fingerprint density at radius 2 is 2.00 bits per heavy atom. The summed E-state index contributed by atoms with van der Waals surface area (Å²) in [6.07, 6.45) is 0. The molecule has 106 valence electrons. The fourth-order valence-electron chi connectivity index (χ4n) is 3.22. The number of thiophene rings is 1. The smallest absolute Gasteiger partial charge is 0.0420 e. The molecule has 0 saturated carbocycles. The van der Waals surface area contributed by atoms with Crippen molar-refractivity contribution in [1.82, 2.24) is 4.90 Å². The molecule has 1 atom stereocenters. The van der Waals surface area contributed by atoms with E-state index in [2.05, 4.69) is 54.4 Å². The number of fused-ring (bicyclic) bond motifs is 2. The van der Waals surface area contributed by atoms with E-state index in [1.54, 1.807) is 0 Å². The standard InChI is InChI=1S/C18H16ClNS/c1-20-10-13-4-2-3-5-15(13)16(11-20)18-8-12-6-7-14(19)9-17(12)21-18/h2-9,16H,10-11H2,1H3. The summed E-state index contributed by atoms with van der Waals surface area (Å²) >= 11 is 7.99.